The Hall–Kier alpha value is -2.02. The molecule has 0 aliphatic carbocycles. The molecule has 0 aliphatic rings. The molecule has 2 rings (SSSR count). The minimum atomic E-state index is 0.891. The third kappa shape index (κ3) is 2.80. The Kier molecular flexibility index (Phi) is 4.19. The summed E-state index contributed by atoms with van der Waals surface area (Å²) in [7, 11) is 1.69. The lowest BCUT2D eigenvalue weighted by Gasteiger charge is -2.09. The van der Waals surface area contributed by atoms with Gasteiger partial charge in [0.15, 0.2) is 0 Å². The summed E-state index contributed by atoms with van der Waals surface area (Å²) in [5.41, 5.74) is 3.76. The van der Waals surface area contributed by atoms with Crippen LogP contribution in [0.4, 0.5) is 0 Å². The van der Waals surface area contributed by atoms with E-state index in [0.717, 1.165) is 12.2 Å². The van der Waals surface area contributed by atoms with Crippen LogP contribution in [0.3, 0.4) is 0 Å². The zero-order valence-corrected chi connectivity index (χ0v) is 10.9. The number of rotatable bonds is 4. The van der Waals surface area contributed by atoms with E-state index >= 15 is 0 Å². The molecule has 1 nitrogen and oxygen atoms in total. The van der Waals surface area contributed by atoms with Crippen molar-refractivity contribution in [2.45, 2.75) is 13.3 Å². The van der Waals surface area contributed by atoms with E-state index in [1.54, 1.807) is 7.11 Å². The molecule has 0 saturated heterocycles. The van der Waals surface area contributed by atoms with Gasteiger partial charge in [-0.1, -0.05) is 55.5 Å². The molecule has 0 unspecified atom stereocenters. The average Bonchev–Trinajstić information content (AvgIpc) is 2.46. The molecule has 2 aromatic carbocycles. The SMILES string of the molecule is CC/C=C(/c1ccccc1)c1ccc(OC)cc1. The molecule has 0 radical (unpaired) electrons. The molecule has 0 atom stereocenters. The number of hydrogen-bond acceptors (Lipinski definition) is 1. The molecule has 92 valence electrons. The largest absolute Gasteiger partial charge is 0.497 e. The van der Waals surface area contributed by atoms with Crippen LogP contribution in [-0.2, 0) is 0 Å². The predicted molar refractivity (Wildman–Crippen MR) is 76.8 cm³/mol. The van der Waals surface area contributed by atoms with Gasteiger partial charge in [-0.25, -0.2) is 0 Å². The highest BCUT2D eigenvalue weighted by molar-refractivity contribution is 5.79. The summed E-state index contributed by atoms with van der Waals surface area (Å²) in [4.78, 5) is 0. The Morgan fingerprint density at radius 1 is 0.944 bits per heavy atom. The lowest BCUT2D eigenvalue weighted by Crippen LogP contribution is -1.89. The molecule has 0 fully saturated rings. The Labute approximate surface area is 109 Å². The maximum Gasteiger partial charge on any atom is 0.118 e. The quantitative estimate of drug-likeness (QED) is 0.760. The maximum absolute atomic E-state index is 5.20. The average molecular weight is 238 g/mol. The van der Waals surface area contributed by atoms with E-state index in [4.69, 9.17) is 4.74 Å². The van der Waals surface area contributed by atoms with Gasteiger partial charge in [-0.15, -0.1) is 0 Å². The second-order valence-corrected chi connectivity index (χ2v) is 4.12. The van der Waals surface area contributed by atoms with Gasteiger partial charge in [0.2, 0.25) is 0 Å². The fourth-order valence-corrected chi connectivity index (χ4v) is 1.99. The van der Waals surface area contributed by atoms with Crippen LogP contribution in [0.25, 0.3) is 5.57 Å². The third-order valence-electron chi connectivity index (χ3n) is 2.89. The molecular weight excluding hydrogens is 220 g/mol. The number of methoxy groups -OCH3 is 1. The van der Waals surface area contributed by atoms with Gasteiger partial charge >= 0.3 is 0 Å². The number of benzene rings is 2. The van der Waals surface area contributed by atoms with Crippen molar-refractivity contribution in [3.63, 3.8) is 0 Å². The van der Waals surface area contributed by atoms with Gasteiger partial charge in [0.05, 0.1) is 7.11 Å². The molecule has 0 N–H and O–H groups in total. The van der Waals surface area contributed by atoms with Crippen molar-refractivity contribution in [1.82, 2.24) is 0 Å². The fourth-order valence-electron chi connectivity index (χ4n) is 1.99. The lowest BCUT2D eigenvalue weighted by molar-refractivity contribution is 0.415. The van der Waals surface area contributed by atoms with Crippen LogP contribution in [0, 0.1) is 0 Å². The zero-order chi connectivity index (χ0) is 12.8. The molecule has 0 saturated carbocycles. The summed E-state index contributed by atoms with van der Waals surface area (Å²) in [6.45, 7) is 2.16. The Balaban J connectivity index is 2.39. The molecule has 0 amide bonds. The first-order valence-corrected chi connectivity index (χ1v) is 6.25. The van der Waals surface area contributed by atoms with Crippen LogP contribution >= 0.6 is 0 Å². The summed E-state index contributed by atoms with van der Waals surface area (Å²) < 4.78 is 5.20. The second kappa shape index (κ2) is 6.06. The normalized spacial score (nSPS) is 11.3. The minimum absolute atomic E-state index is 0.891. The molecule has 18 heavy (non-hydrogen) atoms. The van der Waals surface area contributed by atoms with Crippen LogP contribution in [0.2, 0.25) is 0 Å². The van der Waals surface area contributed by atoms with Crippen LogP contribution in [0.1, 0.15) is 24.5 Å². The highest BCUT2D eigenvalue weighted by Crippen LogP contribution is 2.25. The smallest absolute Gasteiger partial charge is 0.118 e. The first-order valence-electron chi connectivity index (χ1n) is 6.25. The Bertz CT molecular complexity index is 509. The van der Waals surface area contributed by atoms with Crippen molar-refractivity contribution in [2.24, 2.45) is 0 Å². The summed E-state index contributed by atoms with van der Waals surface area (Å²) >= 11 is 0. The van der Waals surface area contributed by atoms with Crippen molar-refractivity contribution in [1.29, 1.82) is 0 Å². The predicted octanol–water partition coefficient (Wildman–Crippen LogP) is 4.54. The van der Waals surface area contributed by atoms with E-state index in [2.05, 4.69) is 49.4 Å². The van der Waals surface area contributed by atoms with Gasteiger partial charge < -0.3 is 4.74 Å². The zero-order valence-electron chi connectivity index (χ0n) is 10.9. The lowest BCUT2D eigenvalue weighted by atomic mass is 9.97. The Morgan fingerprint density at radius 3 is 2.11 bits per heavy atom. The third-order valence-corrected chi connectivity index (χ3v) is 2.89. The molecule has 0 bridgehead atoms. The van der Waals surface area contributed by atoms with E-state index in [-0.39, 0.29) is 0 Å². The van der Waals surface area contributed by atoms with E-state index < -0.39 is 0 Å². The van der Waals surface area contributed by atoms with Gasteiger partial charge in [0.1, 0.15) is 5.75 Å². The monoisotopic (exact) mass is 238 g/mol. The van der Waals surface area contributed by atoms with Gasteiger partial charge in [0.25, 0.3) is 0 Å². The minimum Gasteiger partial charge on any atom is -0.497 e. The van der Waals surface area contributed by atoms with Crippen molar-refractivity contribution >= 4 is 5.57 Å². The van der Waals surface area contributed by atoms with Crippen molar-refractivity contribution in [3.8, 4) is 5.75 Å². The molecular formula is C17H18O. The molecule has 0 aromatic heterocycles. The molecule has 0 heterocycles. The van der Waals surface area contributed by atoms with Crippen molar-refractivity contribution in [2.75, 3.05) is 7.11 Å². The summed E-state index contributed by atoms with van der Waals surface area (Å²) in [6, 6.07) is 18.7. The maximum atomic E-state index is 5.20. The number of allylic oxidation sites excluding steroid dienone is 1. The number of hydrogen-bond donors (Lipinski definition) is 0. The van der Waals surface area contributed by atoms with Gasteiger partial charge in [-0.05, 0) is 35.3 Å². The van der Waals surface area contributed by atoms with Crippen LogP contribution in [0.15, 0.2) is 60.7 Å². The van der Waals surface area contributed by atoms with E-state index in [1.165, 1.54) is 16.7 Å². The summed E-state index contributed by atoms with van der Waals surface area (Å²) in [5.74, 6) is 0.891. The topological polar surface area (TPSA) is 9.23 Å². The highest BCUT2D eigenvalue weighted by atomic mass is 16.5. The molecule has 0 aliphatic heterocycles. The summed E-state index contributed by atoms with van der Waals surface area (Å²) in [6.07, 6.45) is 3.29. The van der Waals surface area contributed by atoms with E-state index in [9.17, 15) is 0 Å². The Morgan fingerprint density at radius 2 is 1.56 bits per heavy atom. The molecule has 0 spiro atoms. The standard InChI is InChI=1S/C17H18O/c1-3-7-17(14-8-5-4-6-9-14)15-10-12-16(18-2)13-11-15/h4-13H,3H2,1-2H3/b17-7-. The van der Waals surface area contributed by atoms with Gasteiger partial charge in [0, 0.05) is 0 Å². The second-order valence-electron chi connectivity index (χ2n) is 4.12. The molecule has 2 aromatic rings. The van der Waals surface area contributed by atoms with E-state index in [0.29, 0.717) is 0 Å². The first-order chi connectivity index (χ1) is 8.85. The van der Waals surface area contributed by atoms with E-state index in [1.807, 2.05) is 18.2 Å². The van der Waals surface area contributed by atoms with Gasteiger partial charge in [-0.2, -0.15) is 0 Å². The highest BCUT2D eigenvalue weighted by Gasteiger charge is 2.04. The van der Waals surface area contributed by atoms with Crippen LogP contribution in [-0.4, -0.2) is 7.11 Å². The number of ether oxygens (including phenoxy) is 1. The molecule has 1 heteroatoms. The van der Waals surface area contributed by atoms with Crippen molar-refractivity contribution < 1.29 is 4.74 Å². The van der Waals surface area contributed by atoms with Crippen LogP contribution in [0.5, 0.6) is 5.75 Å². The first kappa shape index (κ1) is 12.4. The summed E-state index contributed by atoms with van der Waals surface area (Å²) in [5, 5.41) is 0. The van der Waals surface area contributed by atoms with Gasteiger partial charge in [-0.3, -0.25) is 0 Å². The van der Waals surface area contributed by atoms with Crippen LogP contribution < -0.4 is 4.74 Å². The van der Waals surface area contributed by atoms with Crippen molar-refractivity contribution in [3.05, 3.63) is 71.8 Å². The fraction of sp³-hybridized carbons (Fsp3) is 0.176.